The molecule has 1 heterocycles. The summed E-state index contributed by atoms with van der Waals surface area (Å²) in [5.41, 5.74) is 0.356. The molecule has 0 radical (unpaired) electrons. The van der Waals surface area contributed by atoms with E-state index in [4.69, 9.17) is 5.84 Å². The van der Waals surface area contributed by atoms with Gasteiger partial charge in [0.05, 0.1) is 0 Å². The first-order valence-electron chi connectivity index (χ1n) is 5.04. The number of aromatic nitrogens is 1. The third kappa shape index (κ3) is 3.13. The zero-order valence-electron chi connectivity index (χ0n) is 9.38. The molecule has 0 aromatic carbocycles. The molecular weight excluding hydrogens is 206 g/mol. The van der Waals surface area contributed by atoms with Gasteiger partial charge in [0.15, 0.2) is 0 Å². The van der Waals surface area contributed by atoms with Crippen LogP contribution >= 0.6 is 0 Å². The summed E-state index contributed by atoms with van der Waals surface area (Å²) in [5, 5.41) is 0.662. The number of pyridine rings is 1. The molecule has 0 fully saturated rings. The lowest BCUT2D eigenvalue weighted by Crippen LogP contribution is -2.43. The Kier molecular flexibility index (Phi) is 4.13. The molecule has 0 unspecified atom stereocenters. The van der Waals surface area contributed by atoms with Gasteiger partial charge < -0.3 is 0 Å². The van der Waals surface area contributed by atoms with Gasteiger partial charge in [0.25, 0.3) is 5.91 Å². The van der Waals surface area contributed by atoms with Crippen LogP contribution in [-0.2, 0) is 4.79 Å². The Balaban J connectivity index is 2.72. The number of imide groups is 1. The van der Waals surface area contributed by atoms with E-state index in [9.17, 15) is 9.59 Å². The zero-order valence-corrected chi connectivity index (χ0v) is 9.38. The number of amides is 2. The highest BCUT2D eigenvalue weighted by Gasteiger charge is 2.19. The fraction of sp³-hybridized carbons (Fsp3) is 0.364. The number of carbonyl (C=O) groups excluding carboxylic acids is 2. The number of rotatable bonds is 3. The van der Waals surface area contributed by atoms with Gasteiger partial charge in [-0.15, -0.1) is 0 Å². The predicted molar refractivity (Wildman–Crippen MR) is 59.1 cm³/mol. The van der Waals surface area contributed by atoms with Gasteiger partial charge in [-0.2, -0.15) is 0 Å². The molecule has 86 valence electrons. The summed E-state index contributed by atoms with van der Waals surface area (Å²) >= 11 is 0. The summed E-state index contributed by atoms with van der Waals surface area (Å²) in [7, 11) is 0. The molecule has 5 heteroatoms. The van der Waals surface area contributed by atoms with Crippen LogP contribution in [0.1, 0.15) is 30.6 Å². The Morgan fingerprint density at radius 2 is 1.94 bits per heavy atom. The predicted octanol–water partition coefficient (Wildman–Crippen LogP) is 0.970. The van der Waals surface area contributed by atoms with Crippen LogP contribution in [0, 0.1) is 5.92 Å². The second-order valence-electron chi connectivity index (χ2n) is 3.90. The van der Waals surface area contributed by atoms with Crippen LogP contribution in [0.2, 0.25) is 0 Å². The van der Waals surface area contributed by atoms with Gasteiger partial charge in [-0.3, -0.25) is 14.6 Å². The van der Waals surface area contributed by atoms with Gasteiger partial charge in [-0.1, -0.05) is 13.8 Å². The molecule has 0 saturated heterocycles. The molecule has 2 amide bonds. The van der Waals surface area contributed by atoms with Gasteiger partial charge in [0.1, 0.15) is 0 Å². The van der Waals surface area contributed by atoms with Crippen LogP contribution < -0.4 is 5.84 Å². The first-order chi connectivity index (χ1) is 7.52. The van der Waals surface area contributed by atoms with Crippen LogP contribution in [0.25, 0.3) is 0 Å². The van der Waals surface area contributed by atoms with Crippen molar-refractivity contribution in [3.63, 3.8) is 0 Å². The molecule has 1 aromatic heterocycles. The van der Waals surface area contributed by atoms with E-state index in [1.165, 1.54) is 24.5 Å². The summed E-state index contributed by atoms with van der Waals surface area (Å²) in [4.78, 5) is 27.0. The molecule has 0 atom stereocenters. The fourth-order valence-corrected chi connectivity index (χ4v) is 1.19. The van der Waals surface area contributed by atoms with Gasteiger partial charge in [0, 0.05) is 24.4 Å². The number of hydrogen-bond acceptors (Lipinski definition) is 4. The molecule has 1 rings (SSSR count). The van der Waals surface area contributed by atoms with Crippen LogP contribution in [0.5, 0.6) is 0 Å². The number of nitrogens with two attached hydrogens (primary N) is 1. The van der Waals surface area contributed by atoms with Crippen LogP contribution in [0.15, 0.2) is 24.5 Å². The molecule has 2 N–H and O–H groups in total. The minimum Gasteiger partial charge on any atom is -0.273 e. The number of nitrogens with zero attached hydrogens (tertiary/aromatic N) is 2. The normalized spacial score (nSPS) is 10.2. The van der Waals surface area contributed by atoms with E-state index >= 15 is 0 Å². The molecule has 0 aliphatic carbocycles. The van der Waals surface area contributed by atoms with E-state index in [-0.39, 0.29) is 18.2 Å². The van der Waals surface area contributed by atoms with Crippen molar-refractivity contribution in [2.45, 2.75) is 20.3 Å². The van der Waals surface area contributed by atoms with E-state index in [1.54, 1.807) is 0 Å². The van der Waals surface area contributed by atoms with Crippen molar-refractivity contribution in [1.29, 1.82) is 0 Å². The average Bonchev–Trinajstić information content (AvgIpc) is 2.27. The second-order valence-corrected chi connectivity index (χ2v) is 3.90. The molecule has 0 bridgehead atoms. The number of hydrazine groups is 1. The number of hydrogen-bond donors (Lipinski definition) is 1. The van der Waals surface area contributed by atoms with Gasteiger partial charge in [-0.05, 0) is 18.1 Å². The monoisotopic (exact) mass is 221 g/mol. The average molecular weight is 221 g/mol. The summed E-state index contributed by atoms with van der Waals surface area (Å²) in [6, 6.07) is 3.04. The second kappa shape index (κ2) is 5.37. The maximum atomic E-state index is 11.7. The molecule has 0 spiro atoms. The molecule has 1 aromatic rings. The third-order valence-electron chi connectivity index (χ3n) is 2.00. The SMILES string of the molecule is CC(C)CC(=O)N(N)C(=O)c1ccncc1. The maximum Gasteiger partial charge on any atom is 0.274 e. The van der Waals surface area contributed by atoms with Crippen LogP contribution in [0.3, 0.4) is 0 Å². The van der Waals surface area contributed by atoms with Crippen LogP contribution in [-0.4, -0.2) is 21.8 Å². The highest BCUT2D eigenvalue weighted by Crippen LogP contribution is 2.05. The lowest BCUT2D eigenvalue weighted by Gasteiger charge is -2.15. The first-order valence-corrected chi connectivity index (χ1v) is 5.04. The Bertz CT molecular complexity index is 376. The van der Waals surface area contributed by atoms with E-state index < -0.39 is 5.91 Å². The van der Waals surface area contributed by atoms with E-state index in [0.717, 1.165) is 0 Å². The van der Waals surface area contributed by atoms with Crippen molar-refractivity contribution in [2.75, 3.05) is 0 Å². The quantitative estimate of drug-likeness (QED) is 0.468. The molecule has 0 aliphatic heterocycles. The van der Waals surface area contributed by atoms with Gasteiger partial charge >= 0.3 is 0 Å². The van der Waals surface area contributed by atoms with E-state index in [2.05, 4.69) is 4.98 Å². The van der Waals surface area contributed by atoms with Crippen molar-refractivity contribution in [2.24, 2.45) is 11.8 Å². The Hall–Kier alpha value is -1.75. The summed E-state index contributed by atoms with van der Waals surface area (Å²) < 4.78 is 0. The maximum absolute atomic E-state index is 11.7. The lowest BCUT2D eigenvalue weighted by atomic mass is 10.1. The van der Waals surface area contributed by atoms with Gasteiger partial charge in [-0.25, -0.2) is 10.9 Å². The summed E-state index contributed by atoms with van der Waals surface area (Å²) in [6.45, 7) is 3.78. The Labute approximate surface area is 94.2 Å². The van der Waals surface area contributed by atoms with Crippen molar-refractivity contribution < 1.29 is 9.59 Å². The lowest BCUT2D eigenvalue weighted by molar-refractivity contribution is -0.129. The minimum absolute atomic E-state index is 0.170. The van der Waals surface area contributed by atoms with Crippen LogP contribution in [0.4, 0.5) is 0 Å². The summed E-state index contributed by atoms with van der Waals surface area (Å²) in [5.74, 6) is 4.74. The van der Waals surface area contributed by atoms with Crippen molar-refractivity contribution in [3.8, 4) is 0 Å². The smallest absolute Gasteiger partial charge is 0.273 e. The molecule has 0 aliphatic rings. The molecule has 5 nitrogen and oxygen atoms in total. The molecular formula is C11H15N3O2. The Morgan fingerprint density at radius 1 is 1.38 bits per heavy atom. The number of carbonyl (C=O) groups is 2. The fourth-order valence-electron chi connectivity index (χ4n) is 1.19. The van der Waals surface area contributed by atoms with Gasteiger partial charge in [0.2, 0.25) is 5.91 Å². The molecule has 16 heavy (non-hydrogen) atoms. The Morgan fingerprint density at radius 3 is 2.44 bits per heavy atom. The van der Waals surface area contributed by atoms with Crippen molar-refractivity contribution in [1.82, 2.24) is 9.99 Å². The minimum atomic E-state index is -0.506. The topological polar surface area (TPSA) is 76.3 Å². The third-order valence-corrected chi connectivity index (χ3v) is 2.00. The highest BCUT2D eigenvalue weighted by molar-refractivity contribution is 6.03. The molecule has 0 saturated carbocycles. The highest BCUT2D eigenvalue weighted by atomic mass is 16.2. The van der Waals surface area contributed by atoms with E-state index in [1.807, 2.05) is 13.8 Å². The summed E-state index contributed by atoms with van der Waals surface area (Å²) in [6.07, 6.45) is 3.22. The largest absolute Gasteiger partial charge is 0.274 e. The van der Waals surface area contributed by atoms with Crippen molar-refractivity contribution >= 4 is 11.8 Å². The van der Waals surface area contributed by atoms with E-state index in [0.29, 0.717) is 10.6 Å². The van der Waals surface area contributed by atoms with Crippen molar-refractivity contribution in [3.05, 3.63) is 30.1 Å². The standard InChI is InChI=1S/C11H15N3O2/c1-8(2)7-10(15)14(12)11(16)9-3-5-13-6-4-9/h3-6,8H,7,12H2,1-2H3. The zero-order chi connectivity index (χ0) is 12.1. The first kappa shape index (κ1) is 12.3.